The van der Waals surface area contributed by atoms with Crippen LogP contribution in [0.4, 0.5) is 0 Å². The van der Waals surface area contributed by atoms with E-state index in [9.17, 15) is 0 Å². The summed E-state index contributed by atoms with van der Waals surface area (Å²) >= 11 is 15.0. The van der Waals surface area contributed by atoms with Gasteiger partial charge in [-0.3, -0.25) is 0 Å². The highest BCUT2D eigenvalue weighted by Gasteiger charge is 1.91. The average molecular weight is 261 g/mol. The fourth-order valence-electron chi connectivity index (χ4n) is 0.898. The van der Waals surface area contributed by atoms with Crippen molar-refractivity contribution in [1.29, 1.82) is 0 Å². The molecule has 0 amide bonds. The van der Waals surface area contributed by atoms with Crippen LogP contribution in [0.5, 0.6) is 0 Å². The average Bonchev–Trinajstić information content (AvgIpc) is 2.16. The second-order valence-corrected chi connectivity index (χ2v) is 5.87. The van der Waals surface area contributed by atoms with Crippen LogP contribution in [0.25, 0.3) is 0 Å². The van der Waals surface area contributed by atoms with Crippen molar-refractivity contribution in [2.75, 3.05) is 34.8 Å². The summed E-state index contributed by atoms with van der Waals surface area (Å²) < 4.78 is 0. The third-order valence-corrected chi connectivity index (χ3v) is 4.49. The molecule has 4 heteroatoms. The van der Waals surface area contributed by atoms with Gasteiger partial charge in [-0.15, -0.1) is 23.2 Å². The Hall–Kier alpha value is 1.28. The molecule has 0 rings (SSSR count). The van der Waals surface area contributed by atoms with Crippen molar-refractivity contribution in [3.8, 4) is 0 Å². The van der Waals surface area contributed by atoms with Gasteiger partial charge in [0, 0.05) is 23.3 Å². The molecule has 80 valence electrons. The SMILES string of the molecule is ClCCSCCCCCSCCCl. The molecule has 0 bridgehead atoms. The minimum atomic E-state index is 0.788. The first-order valence-corrected chi connectivity index (χ1v) is 8.07. The quantitative estimate of drug-likeness (QED) is 0.429. The van der Waals surface area contributed by atoms with E-state index < -0.39 is 0 Å². The molecule has 0 saturated carbocycles. The second-order valence-electron chi connectivity index (χ2n) is 2.66. The summed E-state index contributed by atoms with van der Waals surface area (Å²) in [6.45, 7) is 0. The molecule has 0 N–H and O–H groups in total. The zero-order chi connectivity index (χ0) is 9.78. The van der Waals surface area contributed by atoms with Gasteiger partial charge in [-0.05, 0) is 24.3 Å². The van der Waals surface area contributed by atoms with E-state index in [-0.39, 0.29) is 0 Å². The Morgan fingerprint density at radius 1 is 0.615 bits per heavy atom. The standard InChI is InChI=1S/C9H18Cl2S2/c10-4-8-12-6-2-1-3-7-13-9-5-11/h1-9H2. The topological polar surface area (TPSA) is 0 Å². The van der Waals surface area contributed by atoms with Crippen molar-refractivity contribution < 1.29 is 0 Å². The molecule has 0 atom stereocenters. The lowest BCUT2D eigenvalue weighted by atomic mass is 10.3. The number of thioether (sulfide) groups is 2. The monoisotopic (exact) mass is 260 g/mol. The molecular formula is C9H18Cl2S2. The summed E-state index contributed by atoms with van der Waals surface area (Å²) in [7, 11) is 0. The highest BCUT2D eigenvalue weighted by molar-refractivity contribution is 7.99. The van der Waals surface area contributed by atoms with E-state index in [2.05, 4.69) is 0 Å². The van der Waals surface area contributed by atoms with E-state index in [1.54, 1.807) is 0 Å². The van der Waals surface area contributed by atoms with Gasteiger partial charge in [-0.25, -0.2) is 0 Å². The first-order chi connectivity index (χ1) is 6.41. The molecular weight excluding hydrogens is 243 g/mol. The van der Waals surface area contributed by atoms with Crippen LogP contribution in [0.2, 0.25) is 0 Å². The van der Waals surface area contributed by atoms with Gasteiger partial charge in [0.2, 0.25) is 0 Å². The van der Waals surface area contributed by atoms with Crippen LogP contribution in [0.15, 0.2) is 0 Å². The predicted octanol–water partition coefficient (Wildman–Crippen LogP) is 4.10. The van der Waals surface area contributed by atoms with Crippen molar-refractivity contribution in [3.05, 3.63) is 0 Å². The smallest absolute Gasteiger partial charge is 0.0314 e. The first-order valence-electron chi connectivity index (χ1n) is 4.69. The molecule has 0 spiro atoms. The molecule has 0 aliphatic carbocycles. The maximum absolute atomic E-state index is 5.56. The Morgan fingerprint density at radius 3 is 1.46 bits per heavy atom. The van der Waals surface area contributed by atoms with Crippen LogP contribution in [0, 0.1) is 0 Å². The predicted molar refractivity (Wildman–Crippen MR) is 69.9 cm³/mol. The van der Waals surface area contributed by atoms with Gasteiger partial charge >= 0.3 is 0 Å². The normalized spacial score (nSPS) is 10.6. The fraction of sp³-hybridized carbons (Fsp3) is 1.00. The fourth-order valence-corrected chi connectivity index (χ4v) is 3.00. The maximum atomic E-state index is 5.56. The van der Waals surface area contributed by atoms with Gasteiger partial charge in [0.1, 0.15) is 0 Å². The van der Waals surface area contributed by atoms with Crippen molar-refractivity contribution in [2.24, 2.45) is 0 Å². The largest absolute Gasteiger partial charge is 0.161 e. The zero-order valence-corrected chi connectivity index (χ0v) is 11.1. The molecule has 0 aliphatic heterocycles. The van der Waals surface area contributed by atoms with Crippen LogP contribution < -0.4 is 0 Å². The van der Waals surface area contributed by atoms with E-state index in [1.807, 2.05) is 23.5 Å². The minimum absolute atomic E-state index is 0.788. The number of hydrogen-bond acceptors (Lipinski definition) is 2. The minimum Gasteiger partial charge on any atom is -0.161 e. The molecule has 0 aromatic heterocycles. The van der Waals surface area contributed by atoms with Crippen LogP contribution in [-0.4, -0.2) is 34.8 Å². The summed E-state index contributed by atoms with van der Waals surface area (Å²) in [4.78, 5) is 0. The van der Waals surface area contributed by atoms with Gasteiger partial charge in [-0.2, -0.15) is 23.5 Å². The van der Waals surface area contributed by atoms with E-state index in [4.69, 9.17) is 23.2 Å². The Morgan fingerprint density at radius 2 is 1.08 bits per heavy atom. The van der Waals surface area contributed by atoms with Crippen molar-refractivity contribution in [3.63, 3.8) is 0 Å². The number of rotatable bonds is 10. The van der Waals surface area contributed by atoms with Gasteiger partial charge in [0.15, 0.2) is 0 Å². The van der Waals surface area contributed by atoms with Crippen LogP contribution in [0.1, 0.15) is 19.3 Å². The van der Waals surface area contributed by atoms with E-state index >= 15 is 0 Å². The molecule has 0 heterocycles. The Kier molecular flexibility index (Phi) is 14.6. The van der Waals surface area contributed by atoms with Gasteiger partial charge in [-0.1, -0.05) is 6.42 Å². The molecule has 0 radical (unpaired) electrons. The second kappa shape index (κ2) is 13.3. The third kappa shape index (κ3) is 13.3. The molecule has 0 saturated heterocycles. The molecule has 0 aliphatic rings. The van der Waals surface area contributed by atoms with Crippen molar-refractivity contribution >= 4 is 46.7 Å². The van der Waals surface area contributed by atoms with E-state index in [0.717, 1.165) is 23.3 Å². The van der Waals surface area contributed by atoms with E-state index in [1.165, 1.54) is 30.8 Å². The summed E-state index contributed by atoms with van der Waals surface area (Å²) in [5, 5.41) is 0. The lowest BCUT2D eigenvalue weighted by molar-refractivity contribution is 0.786. The lowest BCUT2D eigenvalue weighted by Gasteiger charge is -2.00. The van der Waals surface area contributed by atoms with Crippen LogP contribution in [0.3, 0.4) is 0 Å². The van der Waals surface area contributed by atoms with Gasteiger partial charge in [0.25, 0.3) is 0 Å². The number of halogens is 2. The molecule has 13 heavy (non-hydrogen) atoms. The highest BCUT2D eigenvalue weighted by Crippen LogP contribution is 2.10. The zero-order valence-electron chi connectivity index (χ0n) is 7.94. The summed E-state index contributed by atoms with van der Waals surface area (Å²) in [5.74, 6) is 6.32. The Bertz CT molecular complexity index is 81.7. The summed E-state index contributed by atoms with van der Waals surface area (Å²) in [5.41, 5.74) is 0. The third-order valence-electron chi connectivity index (χ3n) is 1.52. The van der Waals surface area contributed by atoms with Crippen LogP contribution in [-0.2, 0) is 0 Å². The van der Waals surface area contributed by atoms with Crippen molar-refractivity contribution in [2.45, 2.75) is 19.3 Å². The maximum Gasteiger partial charge on any atom is 0.0314 e. The molecule has 0 nitrogen and oxygen atoms in total. The van der Waals surface area contributed by atoms with E-state index in [0.29, 0.717) is 0 Å². The first kappa shape index (κ1) is 14.3. The van der Waals surface area contributed by atoms with Crippen LogP contribution >= 0.6 is 46.7 Å². The summed E-state index contributed by atoms with van der Waals surface area (Å²) in [6, 6.07) is 0. The summed E-state index contributed by atoms with van der Waals surface area (Å²) in [6.07, 6.45) is 4.02. The Balaban J connectivity index is 2.76. The number of hydrogen-bond donors (Lipinski definition) is 0. The van der Waals surface area contributed by atoms with Crippen molar-refractivity contribution in [1.82, 2.24) is 0 Å². The molecule has 0 fully saturated rings. The lowest BCUT2D eigenvalue weighted by Crippen LogP contribution is -1.88. The molecule has 0 unspecified atom stereocenters. The van der Waals surface area contributed by atoms with Gasteiger partial charge < -0.3 is 0 Å². The Labute approximate surface area is 101 Å². The molecule has 0 aromatic carbocycles. The highest BCUT2D eigenvalue weighted by atomic mass is 35.5. The number of unbranched alkanes of at least 4 members (excludes halogenated alkanes) is 2. The number of alkyl halides is 2. The van der Waals surface area contributed by atoms with Gasteiger partial charge in [0.05, 0.1) is 0 Å². The molecule has 0 aromatic rings.